The SMILES string of the molecule is Nc1ncc(CC(=O)N2CCOC3(C/C=C/Cc4ccccc4OCCNC3=O)C2)c(=O)[nH]1. The number of nitrogens with zero attached hydrogens (tertiary/aromatic N) is 2. The highest BCUT2D eigenvalue weighted by Crippen LogP contribution is 2.25. The van der Waals surface area contributed by atoms with Crippen LogP contribution in [0.25, 0.3) is 0 Å². The van der Waals surface area contributed by atoms with Gasteiger partial charge in [0.2, 0.25) is 5.91 Å². The normalized spacial score (nSPS) is 22.3. The summed E-state index contributed by atoms with van der Waals surface area (Å²) in [6.45, 7) is 1.25. The summed E-state index contributed by atoms with van der Waals surface area (Å²) in [5.41, 5.74) is 5.07. The maximum atomic E-state index is 13.1. The topological polar surface area (TPSA) is 140 Å². The second-order valence-corrected chi connectivity index (χ2v) is 8.05. The van der Waals surface area contributed by atoms with E-state index in [1.54, 1.807) is 4.90 Å². The summed E-state index contributed by atoms with van der Waals surface area (Å²) in [6.07, 6.45) is 6.01. The second-order valence-electron chi connectivity index (χ2n) is 8.05. The average molecular weight is 453 g/mol. The van der Waals surface area contributed by atoms with Gasteiger partial charge in [0.1, 0.15) is 12.4 Å². The lowest BCUT2D eigenvalue weighted by molar-refractivity contribution is -0.165. The van der Waals surface area contributed by atoms with Crippen molar-refractivity contribution in [2.45, 2.75) is 24.9 Å². The molecular weight excluding hydrogens is 426 g/mol. The van der Waals surface area contributed by atoms with Crippen molar-refractivity contribution < 1.29 is 19.1 Å². The molecule has 10 nitrogen and oxygen atoms in total. The molecule has 1 aromatic heterocycles. The van der Waals surface area contributed by atoms with Gasteiger partial charge in [-0.2, -0.15) is 0 Å². The molecule has 4 rings (SSSR count). The van der Waals surface area contributed by atoms with Crippen molar-refractivity contribution in [3.8, 4) is 5.75 Å². The first-order valence-corrected chi connectivity index (χ1v) is 10.9. The number of ether oxygens (including phenoxy) is 2. The van der Waals surface area contributed by atoms with Gasteiger partial charge < -0.3 is 25.4 Å². The summed E-state index contributed by atoms with van der Waals surface area (Å²) < 4.78 is 11.8. The second kappa shape index (κ2) is 9.86. The minimum absolute atomic E-state index is 0.00944. The van der Waals surface area contributed by atoms with E-state index in [1.807, 2.05) is 36.4 Å². The minimum atomic E-state index is -1.21. The van der Waals surface area contributed by atoms with Crippen LogP contribution in [0.3, 0.4) is 0 Å². The lowest BCUT2D eigenvalue weighted by Gasteiger charge is -2.41. The highest BCUT2D eigenvalue weighted by molar-refractivity contribution is 5.87. The molecule has 1 aromatic carbocycles. The fourth-order valence-corrected chi connectivity index (χ4v) is 3.97. The molecular formula is C23H27N5O5. The first kappa shape index (κ1) is 22.5. The van der Waals surface area contributed by atoms with Crippen LogP contribution in [-0.4, -0.2) is 65.1 Å². The van der Waals surface area contributed by atoms with E-state index >= 15 is 0 Å². The number of anilines is 1. The monoisotopic (exact) mass is 453 g/mol. The van der Waals surface area contributed by atoms with Crippen molar-refractivity contribution in [2.75, 3.05) is 38.6 Å². The zero-order valence-electron chi connectivity index (χ0n) is 18.2. The van der Waals surface area contributed by atoms with Gasteiger partial charge in [-0.15, -0.1) is 0 Å². The van der Waals surface area contributed by atoms with Crippen molar-refractivity contribution in [1.29, 1.82) is 0 Å². The molecule has 0 bridgehead atoms. The Balaban J connectivity index is 1.50. The zero-order valence-corrected chi connectivity index (χ0v) is 18.2. The lowest BCUT2D eigenvalue weighted by atomic mass is 9.94. The maximum absolute atomic E-state index is 13.1. The largest absolute Gasteiger partial charge is 0.491 e. The Morgan fingerprint density at radius 2 is 2.06 bits per heavy atom. The van der Waals surface area contributed by atoms with E-state index in [2.05, 4.69) is 15.3 Å². The number of allylic oxidation sites excluding steroid dienone is 1. The maximum Gasteiger partial charge on any atom is 0.255 e. The molecule has 1 unspecified atom stereocenters. The van der Waals surface area contributed by atoms with Gasteiger partial charge in [-0.05, 0) is 18.1 Å². The molecule has 1 saturated heterocycles. The summed E-state index contributed by atoms with van der Waals surface area (Å²) >= 11 is 0. The van der Waals surface area contributed by atoms with Crippen LogP contribution in [-0.2, 0) is 27.2 Å². The molecule has 2 amide bonds. The highest BCUT2D eigenvalue weighted by atomic mass is 16.5. The number of hydrogen-bond acceptors (Lipinski definition) is 7. The number of benzene rings is 1. The summed E-state index contributed by atoms with van der Waals surface area (Å²) in [6, 6.07) is 7.79. The van der Waals surface area contributed by atoms with Crippen LogP contribution < -0.4 is 21.3 Å². The van der Waals surface area contributed by atoms with Gasteiger partial charge in [0, 0.05) is 24.7 Å². The predicted octanol–water partition coefficient (Wildman–Crippen LogP) is 0.190. The number of carbonyl (C=O) groups is 2. The van der Waals surface area contributed by atoms with E-state index < -0.39 is 11.2 Å². The van der Waals surface area contributed by atoms with Gasteiger partial charge in [0.25, 0.3) is 11.5 Å². The van der Waals surface area contributed by atoms with Crippen LogP contribution in [0.4, 0.5) is 5.95 Å². The van der Waals surface area contributed by atoms with E-state index in [1.165, 1.54) is 6.20 Å². The summed E-state index contributed by atoms with van der Waals surface area (Å²) in [5, 5.41) is 2.88. The Kier molecular flexibility index (Phi) is 6.74. The van der Waals surface area contributed by atoms with Crippen LogP contribution in [0.1, 0.15) is 17.5 Å². The number of hydrogen-bond donors (Lipinski definition) is 3. The molecule has 174 valence electrons. The lowest BCUT2D eigenvalue weighted by Crippen LogP contribution is -2.61. The Morgan fingerprint density at radius 3 is 2.91 bits per heavy atom. The highest BCUT2D eigenvalue weighted by Gasteiger charge is 2.44. The molecule has 0 radical (unpaired) electrons. The number of morpholine rings is 1. The first-order valence-electron chi connectivity index (χ1n) is 10.9. The van der Waals surface area contributed by atoms with Gasteiger partial charge >= 0.3 is 0 Å². The average Bonchev–Trinajstić information content (AvgIpc) is 2.81. The number of rotatable bonds is 2. The molecule has 1 spiro atoms. The van der Waals surface area contributed by atoms with Gasteiger partial charge in [-0.1, -0.05) is 30.4 Å². The standard InChI is InChI=1S/C23H27N5O5/c24-22-26-14-17(20(30)27-22)13-19(29)28-10-12-33-23(15-28)8-4-3-6-16-5-1-2-7-18(16)32-11-9-25-21(23)31/h1-5,7,14H,6,8-13,15H2,(H,25,31)(H3,24,26,27,30)/b4-3+. The molecule has 4 N–H and O–H groups in total. The first-order chi connectivity index (χ1) is 16.0. The van der Waals surface area contributed by atoms with Gasteiger partial charge in [-0.3, -0.25) is 19.4 Å². The number of carbonyl (C=O) groups excluding carboxylic acids is 2. The minimum Gasteiger partial charge on any atom is -0.491 e. The third-order valence-electron chi connectivity index (χ3n) is 5.76. The van der Waals surface area contributed by atoms with Crippen LogP contribution >= 0.6 is 0 Å². The van der Waals surface area contributed by atoms with Crippen molar-refractivity contribution in [3.05, 3.63) is 64.1 Å². The number of H-pyrrole nitrogens is 1. The van der Waals surface area contributed by atoms with Crippen molar-refractivity contribution in [2.24, 2.45) is 0 Å². The van der Waals surface area contributed by atoms with Crippen LogP contribution in [0.5, 0.6) is 5.75 Å². The summed E-state index contributed by atoms with van der Waals surface area (Å²) in [4.78, 5) is 45.9. The van der Waals surface area contributed by atoms with Crippen molar-refractivity contribution in [3.63, 3.8) is 0 Å². The van der Waals surface area contributed by atoms with E-state index in [4.69, 9.17) is 15.2 Å². The van der Waals surface area contributed by atoms with Crippen LogP contribution in [0.2, 0.25) is 0 Å². The summed E-state index contributed by atoms with van der Waals surface area (Å²) in [5.74, 6) is 0.207. The van der Waals surface area contributed by atoms with E-state index in [0.29, 0.717) is 32.5 Å². The van der Waals surface area contributed by atoms with E-state index in [0.717, 1.165) is 11.3 Å². The van der Waals surface area contributed by atoms with Crippen LogP contribution in [0.15, 0.2) is 47.4 Å². The predicted molar refractivity (Wildman–Crippen MR) is 121 cm³/mol. The molecule has 0 aliphatic carbocycles. The third kappa shape index (κ3) is 5.23. The number of nitrogens with one attached hydrogen (secondary N) is 2. The molecule has 2 aliphatic rings. The molecule has 33 heavy (non-hydrogen) atoms. The number of aromatic nitrogens is 2. The molecule has 2 aromatic rings. The number of amides is 2. The molecule has 2 aliphatic heterocycles. The Morgan fingerprint density at radius 1 is 1.21 bits per heavy atom. The zero-order chi connectivity index (χ0) is 23.3. The summed E-state index contributed by atoms with van der Waals surface area (Å²) in [7, 11) is 0. The van der Waals surface area contributed by atoms with E-state index in [9.17, 15) is 14.4 Å². The third-order valence-corrected chi connectivity index (χ3v) is 5.76. The Hall–Kier alpha value is -3.66. The van der Waals surface area contributed by atoms with Gasteiger partial charge in [0.15, 0.2) is 11.5 Å². The number of aromatic amines is 1. The smallest absolute Gasteiger partial charge is 0.255 e. The molecule has 1 fully saturated rings. The number of fused-ring (bicyclic) bond motifs is 1. The number of para-hydroxylation sites is 1. The van der Waals surface area contributed by atoms with Crippen LogP contribution in [0, 0.1) is 0 Å². The van der Waals surface area contributed by atoms with Crippen molar-refractivity contribution >= 4 is 17.8 Å². The Labute approximate surface area is 190 Å². The molecule has 10 heteroatoms. The number of nitrogen functional groups attached to an aromatic ring is 1. The van der Waals surface area contributed by atoms with E-state index in [-0.39, 0.29) is 42.9 Å². The van der Waals surface area contributed by atoms with Gasteiger partial charge in [0.05, 0.1) is 26.1 Å². The van der Waals surface area contributed by atoms with Gasteiger partial charge in [-0.25, -0.2) is 4.98 Å². The fourth-order valence-electron chi connectivity index (χ4n) is 3.97. The molecule has 0 saturated carbocycles. The quantitative estimate of drug-likeness (QED) is 0.552. The Bertz CT molecular complexity index is 1110. The fraction of sp³-hybridized carbons (Fsp3) is 0.391. The molecule has 3 heterocycles. The molecule has 1 atom stereocenters. The van der Waals surface area contributed by atoms with Crippen molar-refractivity contribution in [1.82, 2.24) is 20.2 Å². The number of nitrogens with two attached hydrogens (primary N) is 1.